The zero-order chi connectivity index (χ0) is 16.7. The summed E-state index contributed by atoms with van der Waals surface area (Å²) in [5, 5.41) is 4.08. The Kier molecular flexibility index (Phi) is 5.94. The largest absolute Gasteiger partial charge is 0.493 e. The van der Waals surface area contributed by atoms with E-state index in [1.807, 2.05) is 36.4 Å². The number of ether oxygens (including phenoxy) is 2. The predicted molar refractivity (Wildman–Crippen MR) is 96.0 cm³/mol. The van der Waals surface area contributed by atoms with Crippen LogP contribution in [0.3, 0.4) is 0 Å². The van der Waals surface area contributed by atoms with Crippen LogP contribution in [0, 0.1) is 6.92 Å². The van der Waals surface area contributed by atoms with Gasteiger partial charge in [-0.2, -0.15) is 5.10 Å². The Labute approximate surface area is 141 Å². The van der Waals surface area contributed by atoms with Gasteiger partial charge >= 0.3 is 0 Å². The Morgan fingerprint density at radius 3 is 2.74 bits per heavy atom. The summed E-state index contributed by atoms with van der Waals surface area (Å²) in [6.07, 6.45) is 1.59. The number of nitrogens with two attached hydrogens (primary N) is 1. The van der Waals surface area contributed by atoms with Crippen molar-refractivity contribution >= 4 is 23.5 Å². The van der Waals surface area contributed by atoms with Crippen molar-refractivity contribution < 1.29 is 9.47 Å². The molecule has 0 aliphatic carbocycles. The molecule has 2 rings (SSSR count). The highest BCUT2D eigenvalue weighted by Gasteiger charge is 2.10. The first-order chi connectivity index (χ1) is 11.1. The zero-order valence-electron chi connectivity index (χ0n) is 13.1. The fourth-order valence-corrected chi connectivity index (χ4v) is 2.09. The van der Waals surface area contributed by atoms with E-state index in [-0.39, 0.29) is 5.11 Å². The summed E-state index contributed by atoms with van der Waals surface area (Å²) >= 11 is 4.72. The van der Waals surface area contributed by atoms with Gasteiger partial charge in [0.15, 0.2) is 16.6 Å². The summed E-state index contributed by atoms with van der Waals surface area (Å²) in [5.74, 6) is 1.25. The van der Waals surface area contributed by atoms with Gasteiger partial charge in [-0.3, -0.25) is 5.43 Å². The Morgan fingerprint density at radius 2 is 2.04 bits per heavy atom. The van der Waals surface area contributed by atoms with Crippen LogP contribution in [-0.2, 0) is 6.61 Å². The van der Waals surface area contributed by atoms with E-state index >= 15 is 0 Å². The molecule has 3 N–H and O–H groups in total. The predicted octanol–water partition coefficient (Wildman–Crippen LogP) is 2.75. The Bertz CT molecular complexity index is 717. The molecule has 6 heteroatoms. The van der Waals surface area contributed by atoms with Crippen molar-refractivity contribution in [2.45, 2.75) is 13.5 Å². The highest BCUT2D eigenvalue weighted by Crippen LogP contribution is 2.31. The van der Waals surface area contributed by atoms with Gasteiger partial charge in [-0.15, -0.1) is 0 Å². The summed E-state index contributed by atoms with van der Waals surface area (Å²) < 4.78 is 11.4. The molecule has 5 nitrogen and oxygen atoms in total. The minimum absolute atomic E-state index is 0.103. The van der Waals surface area contributed by atoms with Gasteiger partial charge in [0.1, 0.15) is 6.61 Å². The van der Waals surface area contributed by atoms with E-state index in [2.05, 4.69) is 23.5 Å². The second kappa shape index (κ2) is 8.14. The normalized spacial score (nSPS) is 10.5. The summed E-state index contributed by atoms with van der Waals surface area (Å²) in [7, 11) is 1.60. The SMILES string of the molecule is COc1cccc(C=NNC(N)=S)c1OCc1ccccc1C. The molecule has 0 fully saturated rings. The fourth-order valence-electron chi connectivity index (χ4n) is 2.04. The van der Waals surface area contributed by atoms with Crippen molar-refractivity contribution in [3.63, 3.8) is 0 Å². The first kappa shape index (κ1) is 16.8. The van der Waals surface area contributed by atoms with Crippen molar-refractivity contribution in [3.05, 3.63) is 59.2 Å². The lowest BCUT2D eigenvalue weighted by molar-refractivity contribution is 0.283. The number of para-hydroxylation sites is 1. The Balaban J connectivity index is 2.23. The third-order valence-corrected chi connectivity index (χ3v) is 3.33. The van der Waals surface area contributed by atoms with Gasteiger partial charge < -0.3 is 15.2 Å². The first-order valence-electron chi connectivity index (χ1n) is 7.04. The number of nitrogens with zero attached hydrogens (tertiary/aromatic N) is 1. The van der Waals surface area contributed by atoms with Gasteiger partial charge in [-0.05, 0) is 42.4 Å². The molecule has 0 unspecified atom stereocenters. The molecule has 0 radical (unpaired) electrons. The molecule has 0 heterocycles. The van der Waals surface area contributed by atoms with E-state index in [4.69, 9.17) is 27.4 Å². The standard InChI is InChI=1S/C17H19N3O2S/c1-12-6-3-4-7-14(12)11-22-16-13(10-19-20-17(18)23)8-5-9-15(16)21-2/h3-10H,11H2,1-2H3,(H3,18,20,23). The summed E-state index contributed by atoms with van der Waals surface area (Å²) in [6.45, 7) is 2.49. The van der Waals surface area contributed by atoms with Gasteiger partial charge in [0.25, 0.3) is 0 Å². The van der Waals surface area contributed by atoms with Gasteiger partial charge in [-0.1, -0.05) is 30.3 Å². The van der Waals surface area contributed by atoms with Crippen LogP contribution in [0.25, 0.3) is 0 Å². The number of benzene rings is 2. The van der Waals surface area contributed by atoms with E-state index in [0.717, 1.165) is 11.1 Å². The van der Waals surface area contributed by atoms with E-state index in [1.54, 1.807) is 13.3 Å². The van der Waals surface area contributed by atoms with Crippen LogP contribution in [0.2, 0.25) is 0 Å². The highest BCUT2D eigenvalue weighted by molar-refractivity contribution is 7.80. The van der Waals surface area contributed by atoms with Crippen LogP contribution in [-0.4, -0.2) is 18.4 Å². The molecule has 0 spiro atoms. The lowest BCUT2D eigenvalue weighted by Crippen LogP contribution is -2.24. The maximum absolute atomic E-state index is 5.98. The van der Waals surface area contributed by atoms with Gasteiger partial charge in [0.2, 0.25) is 0 Å². The Morgan fingerprint density at radius 1 is 1.26 bits per heavy atom. The lowest BCUT2D eigenvalue weighted by atomic mass is 10.1. The van der Waals surface area contributed by atoms with Crippen molar-refractivity contribution in [2.75, 3.05) is 7.11 Å². The Hall–Kier alpha value is -2.60. The minimum Gasteiger partial charge on any atom is -0.493 e. The first-order valence-corrected chi connectivity index (χ1v) is 7.45. The van der Waals surface area contributed by atoms with Crippen LogP contribution in [0.1, 0.15) is 16.7 Å². The van der Waals surface area contributed by atoms with E-state index in [0.29, 0.717) is 18.1 Å². The molecule has 0 bridgehead atoms. The number of hydrogen-bond donors (Lipinski definition) is 2. The molecule has 0 saturated carbocycles. The number of methoxy groups -OCH3 is 1. The molecular formula is C17H19N3O2S. The molecule has 0 atom stereocenters. The molecule has 0 aromatic heterocycles. The highest BCUT2D eigenvalue weighted by atomic mass is 32.1. The third kappa shape index (κ3) is 4.69. The average Bonchev–Trinajstić information content (AvgIpc) is 2.54. The van der Waals surface area contributed by atoms with Crippen molar-refractivity contribution in [3.8, 4) is 11.5 Å². The minimum atomic E-state index is 0.103. The molecule has 0 aliphatic rings. The molecule has 2 aromatic rings. The van der Waals surface area contributed by atoms with Gasteiger partial charge in [-0.25, -0.2) is 0 Å². The number of hydrazone groups is 1. The second-order valence-electron chi connectivity index (χ2n) is 4.83. The number of thiocarbonyl (C=S) groups is 1. The van der Waals surface area contributed by atoms with Crippen LogP contribution in [0.5, 0.6) is 11.5 Å². The zero-order valence-corrected chi connectivity index (χ0v) is 13.9. The van der Waals surface area contributed by atoms with Crippen LogP contribution in [0.15, 0.2) is 47.6 Å². The maximum Gasteiger partial charge on any atom is 0.184 e. The molecule has 0 saturated heterocycles. The van der Waals surface area contributed by atoms with Crippen molar-refractivity contribution in [1.29, 1.82) is 0 Å². The van der Waals surface area contributed by atoms with Crippen LogP contribution < -0.4 is 20.6 Å². The molecule has 0 amide bonds. The van der Waals surface area contributed by atoms with Crippen molar-refractivity contribution in [1.82, 2.24) is 5.43 Å². The third-order valence-electron chi connectivity index (χ3n) is 3.24. The van der Waals surface area contributed by atoms with E-state index in [9.17, 15) is 0 Å². The van der Waals surface area contributed by atoms with Crippen molar-refractivity contribution in [2.24, 2.45) is 10.8 Å². The number of aryl methyl sites for hydroxylation is 1. The number of rotatable bonds is 6. The molecule has 0 aliphatic heterocycles. The van der Waals surface area contributed by atoms with Gasteiger partial charge in [0, 0.05) is 5.56 Å². The fraction of sp³-hybridized carbons (Fsp3) is 0.176. The van der Waals surface area contributed by atoms with Crippen LogP contribution in [0.4, 0.5) is 0 Å². The monoisotopic (exact) mass is 329 g/mol. The van der Waals surface area contributed by atoms with E-state index < -0.39 is 0 Å². The number of hydrogen-bond acceptors (Lipinski definition) is 4. The number of nitrogens with one attached hydrogen (secondary N) is 1. The van der Waals surface area contributed by atoms with E-state index in [1.165, 1.54) is 5.56 Å². The molecule has 23 heavy (non-hydrogen) atoms. The summed E-state index contributed by atoms with van der Waals surface area (Å²) in [5.41, 5.74) is 10.9. The summed E-state index contributed by atoms with van der Waals surface area (Å²) in [6, 6.07) is 13.7. The molecular weight excluding hydrogens is 310 g/mol. The average molecular weight is 329 g/mol. The van der Waals surface area contributed by atoms with Gasteiger partial charge in [0.05, 0.1) is 13.3 Å². The lowest BCUT2D eigenvalue weighted by Gasteiger charge is -2.14. The smallest absolute Gasteiger partial charge is 0.184 e. The summed E-state index contributed by atoms with van der Waals surface area (Å²) in [4.78, 5) is 0. The van der Waals surface area contributed by atoms with Crippen LogP contribution >= 0.6 is 12.2 Å². The second-order valence-corrected chi connectivity index (χ2v) is 5.27. The molecule has 2 aromatic carbocycles. The molecule has 120 valence electrons. The maximum atomic E-state index is 5.98. The quantitative estimate of drug-likeness (QED) is 0.484. The topological polar surface area (TPSA) is 68.9 Å².